The van der Waals surface area contributed by atoms with Gasteiger partial charge in [0.25, 0.3) is 0 Å². The molecule has 0 unspecified atom stereocenters. The van der Waals surface area contributed by atoms with Gasteiger partial charge >= 0.3 is 12.2 Å². The standard InChI is InChI=1S/C21H23N3O5/c25-19(10-5-11-22-20(26)29-15-16-6-2-1-3-7-16)23-17-8-4-9-18(14-17)24-12-13-28-21(24)27/h1-4,6-9,14H,5,10-13,15H2,(H,22,26)(H,23,25). The van der Waals surface area contributed by atoms with Crippen molar-refractivity contribution in [2.75, 3.05) is 29.9 Å². The van der Waals surface area contributed by atoms with E-state index in [1.807, 2.05) is 30.3 Å². The third kappa shape index (κ3) is 6.24. The average molecular weight is 397 g/mol. The second-order valence-corrected chi connectivity index (χ2v) is 6.46. The summed E-state index contributed by atoms with van der Waals surface area (Å²) in [4.78, 5) is 36.9. The number of nitrogens with zero attached hydrogens (tertiary/aromatic N) is 1. The highest BCUT2D eigenvalue weighted by Crippen LogP contribution is 2.22. The van der Waals surface area contributed by atoms with Crippen molar-refractivity contribution in [1.29, 1.82) is 0 Å². The van der Waals surface area contributed by atoms with Gasteiger partial charge in [-0.25, -0.2) is 9.59 Å². The molecule has 0 radical (unpaired) electrons. The molecule has 8 nitrogen and oxygen atoms in total. The smallest absolute Gasteiger partial charge is 0.414 e. The fourth-order valence-corrected chi connectivity index (χ4v) is 2.82. The van der Waals surface area contributed by atoms with E-state index in [2.05, 4.69) is 10.6 Å². The van der Waals surface area contributed by atoms with Crippen molar-refractivity contribution in [3.05, 3.63) is 60.2 Å². The molecule has 3 amide bonds. The molecule has 2 aromatic rings. The van der Waals surface area contributed by atoms with Gasteiger partial charge in [0.2, 0.25) is 5.91 Å². The maximum absolute atomic E-state index is 12.1. The van der Waals surface area contributed by atoms with Gasteiger partial charge in [0, 0.05) is 24.3 Å². The first-order chi connectivity index (χ1) is 14.1. The zero-order valence-corrected chi connectivity index (χ0v) is 15.9. The highest BCUT2D eigenvalue weighted by molar-refractivity contribution is 5.93. The molecule has 0 aromatic heterocycles. The molecule has 1 fully saturated rings. The monoisotopic (exact) mass is 397 g/mol. The topological polar surface area (TPSA) is 97.0 Å². The van der Waals surface area contributed by atoms with Gasteiger partial charge < -0.3 is 20.1 Å². The number of amides is 3. The first-order valence-corrected chi connectivity index (χ1v) is 9.40. The fourth-order valence-electron chi connectivity index (χ4n) is 2.82. The van der Waals surface area contributed by atoms with Gasteiger partial charge in [0.05, 0.1) is 6.54 Å². The molecule has 1 heterocycles. The molecule has 1 aliphatic heterocycles. The summed E-state index contributed by atoms with van der Waals surface area (Å²) >= 11 is 0. The van der Waals surface area contributed by atoms with Crippen molar-refractivity contribution in [1.82, 2.24) is 5.32 Å². The Morgan fingerprint density at radius 3 is 2.69 bits per heavy atom. The third-order valence-electron chi connectivity index (χ3n) is 4.27. The number of rotatable bonds is 8. The van der Waals surface area contributed by atoms with Crippen LogP contribution in [0.15, 0.2) is 54.6 Å². The molecule has 29 heavy (non-hydrogen) atoms. The minimum atomic E-state index is -0.514. The lowest BCUT2D eigenvalue weighted by Crippen LogP contribution is -2.26. The summed E-state index contributed by atoms with van der Waals surface area (Å²) in [5.41, 5.74) is 2.18. The highest BCUT2D eigenvalue weighted by Gasteiger charge is 2.23. The van der Waals surface area contributed by atoms with Crippen molar-refractivity contribution in [3.8, 4) is 0 Å². The molecule has 0 spiro atoms. The van der Waals surface area contributed by atoms with Crippen LogP contribution in [-0.2, 0) is 20.9 Å². The molecule has 1 saturated heterocycles. The van der Waals surface area contributed by atoms with Gasteiger partial charge in [-0.2, -0.15) is 0 Å². The normalized spacial score (nSPS) is 13.0. The van der Waals surface area contributed by atoms with Crippen LogP contribution in [-0.4, -0.2) is 37.8 Å². The van der Waals surface area contributed by atoms with E-state index in [1.165, 1.54) is 4.90 Å². The number of carbonyl (C=O) groups is 3. The van der Waals surface area contributed by atoms with E-state index in [-0.39, 0.29) is 18.9 Å². The van der Waals surface area contributed by atoms with Gasteiger partial charge in [-0.05, 0) is 30.2 Å². The highest BCUT2D eigenvalue weighted by atomic mass is 16.6. The summed E-state index contributed by atoms with van der Waals surface area (Å²) in [6.45, 7) is 1.38. The molecule has 0 atom stereocenters. The number of nitrogens with one attached hydrogen (secondary N) is 2. The van der Waals surface area contributed by atoms with Crippen LogP contribution in [0.2, 0.25) is 0 Å². The zero-order chi connectivity index (χ0) is 20.5. The molecule has 3 rings (SSSR count). The minimum Gasteiger partial charge on any atom is -0.447 e. The van der Waals surface area contributed by atoms with Gasteiger partial charge in [0.15, 0.2) is 0 Å². The Hall–Kier alpha value is -3.55. The largest absolute Gasteiger partial charge is 0.447 e. The van der Waals surface area contributed by atoms with Crippen molar-refractivity contribution in [2.24, 2.45) is 0 Å². The summed E-state index contributed by atoms with van der Waals surface area (Å²) in [6.07, 6.45) is -0.183. The number of cyclic esters (lactones) is 1. The van der Waals surface area contributed by atoms with Crippen molar-refractivity contribution in [3.63, 3.8) is 0 Å². The lowest BCUT2D eigenvalue weighted by atomic mass is 10.2. The second kappa shape index (κ2) is 10.1. The SMILES string of the molecule is O=C(CCCNC(=O)OCc1ccccc1)Nc1cccc(N2CCOC2=O)c1. The number of benzene rings is 2. The second-order valence-electron chi connectivity index (χ2n) is 6.46. The van der Waals surface area contributed by atoms with E-state index >= 15 is 0 Å². The van der Waals surface area contributed by atoms with Crippen LogP contribution in [0.3, 0.4) is 0 Å². The van der Waals surface area contributed by atoms with Crippen molar-refractivity contribution < 1.29 is 23.9 Å². The Labute approximate surface area is 168 Å². The number of ether oxygens (including phenoxy) is 2. The Kier molecular flexibility index (Phi) is 7.05. The summed E-state index contributed by atoms with van der Waals surface area (Å²) in [5, 5.41) is 5.42. The minimum absolute atomic E-state index is 0.175. The maximum atomic E-state index is 12.1. The van der Waals surface area contributed by atoms with E-state index in [4.69, 9.17) is 9.47 Å². The molecule has 0 bridgehead atoms. The first kappa shape index (κ1) is 20.2. The van der Waals surface area contributed by atoms with Crippen LogP contribution in [0.1, 0.15) is 18.4 Å². The molecule has 2 aromatic carbocycles. The van der Waals surface area contributed by atoms with E-state index in [1.54, 1.807) is 24.3 Å². The van der Waals surface area contributed by atoms with E-state index < -0.39 is 12.2 Å². The molecule has 0 aliphatic carbocycles. The van der Waals surface area contributed by atoms with Gasteiger partial charge in [-0.1, -0.05) is 36.4 Å². The molecular weight excluding hydrogens is 374 g/mol. The predicted molar refractivity (Wildman–Crippen MR) is 108 cm³/mol. The Morgan fingerprint density at radius 2 is 1.93 bits per heavy atom. The Morgan fingerprint density at radius 1 is 1.10 bits per heavy atom. The fraction of sp³-hybridized carbons (Fsp3) is 0.286. The van der Waals surface area contributed by atoms with Crippen molar-refractivity contribution >= 4 is 29.5 Å². The Bertz CT molecular complexity index is 856. The number of anilines is 2. The Balaban J connectivity index is 1.35. The van der Waals surface area contributed by atoms with Crippen LogP contribution in [0.25, 0.3) is 0 Å². The zero-order valence-electron chi connectivity index (χ0n) is 15.9. The van der Waals surface area contributed by atoms with Gasteiger partial charge in [-0.3, -0.25) is 9.69 Å². The summed E-state index contributed by atoms with van der Waals surface area (Å²) in [6, 6.07) is 16.4. The molecule has 2 N–H and O–H groups in total. The number of hydrogen-bond donors (Lipinski definition) is 2. The summed E-state index contributed by atoms with van der Waals surface area (Å²) in [5.74, 6) is -0.175. The first-order valence-electron chi connectivity index (χ1n) is 9.40. The molecule has 152 valence electrons. The molecule has 0 saturated carbocycles. The number of carbonyl (C=O) groups excluding carboxylic acids is 3. The lowest BCUT2D eigenvalue weighted by Gasteiger charge is -2.14. The summed E-state index contributed by atoms with van der Waals surface area (Å²) in [7, 11) is 0. The average Bonchev–Trinajstić information content (AvgIpc) is 3.16. The third-order valence-corrected chi connectivity index (χ3v) is 4.27. The van der Waals surface area contributed by atoms with E-state index in [0.717, 1.165) is 5.56 Å². The van der Waals surface area contributed by atoms with E-state index in [9.17, 15) is 14.4 Å². The van der Waals surface area contributed by atoms with Crippen LogP contribution < -0.4 is 15.5 Å². The molecule has 8 heteroatoms. The molecule has 1 aliphatic rings. The molecular formula is C21H23N3O5. The maximum Gasteiger partial charge on any atom is 0.414 e. The number of hydrogen-bond acceptors (Lipinski definition) is 5. The summed E-state index contributed by atoms with van der Waals surface area (Å²) < 4.78 is 10.0. The van der Waals surface area contributed by atoms with Crippen LogP contribution >= 0.6 is 0 Å². The lowest BCUT2D eigenvalue weighted by molar-refractivity contribution is -0.116. The number of alkyl carbamates (subject to hydrolysis) is 1. The van der Waals surface area contributed by atoms with Crippen LogP contribution in [0.4, 0.5) is 21.0 Å². The van der Waals surface area contributed by atoms with Gasteiger partial charge in [0.1, 0.15) is 13.2 Å². The van der Waals surface area contributed by atoms with Crippen LogP contribution in [0.5, 0.6) is 0 Å². The quantitative estimate of drug-likeness (QED) is 0.666. The van der Waals surface area contributed by atoms with Crippen molar-refractivity contribution in [2.45, 2.75) is 19.4 Å². The van der Waals surface area contributed by atoms with Gasteiger partial charge in [-0.15, -0.1) is 0 Å². The van der Waals surface area contributed by atoms with E-state index in [0.29, 0.717) is 37.5 Å². The van der Waals surface area contributed by atoms with Crippen LogP contribution in [0, 0.1) is 0 Å². The predicted octanol–water partition coefficient (Wildman–Crippen LogP) is 3.29.